The van der Waals surface area contributed by atoms with Gasteiger partial charge in [0.2, 0.25) is 11.8 Å². The number of nitrogens with one attached hydrogen (secondary N) is 1. The van der Waals surface area contributed by atoms with Gasteiger partial charge >= 0.3 is 0 Å². The fourth-order valence-corrected chi connectivity index (χ4v) is 4.16. The van der Waals surface area contributed by atoms with Gasteiger partial charge in [-0.05, 0) is 62.6 Å². The summed E-state index contributed by atoms with van der Waals surface area (Å²) in [5.74, 6) is 1.06. The predicted octanol–water partition coefficient (Wildman–Crippen LogP) is 5.32. The van der Waals surface area contributed by atoms with Crippen molar-refractivity contribution in [3.8, 4) is 0 Å². The van der Waals surface area contributed by atoms with Gasteiger partial charge in [0.1, 0.15) is 6.04 Å². The van der Waals surface area contributed by atoms with Gasteiger partial charge in [-0.25, -0.2) is 0 Å². The van der Waals surface area contributed by atoms with Crippen LogP contribution in [0.4, 0.5) is 5.69 Å². The van der Waals surface area contributed by atoms with Crippen LogP contribution in [0.3, 0.4) is 0 Å². The first-order valence-corrected chi connectivity index (χ1v) is 11.4. The normalized spacial score (nSPS) is 24.9. The van der Waals surface area contributed by atoms with Crippen LogP contribution in [-0.4, -0.2) is 35.8 Å². The highest BCUT2D eigenvalue weighted by Gasteiger charge is 2.40. The fraction of sp³-hybridized carbons (Fsp3) is 0.680. The molecule has 1 aliphatic heterocycles. The maximum atomic E-state index is 13.0. The third-order valence-corrected chi connectivity index (χ3v) is 5.67. The first-order valence-electron chi connectivity index (χ1n) is 11.4. The molecule has 1 aliphatic carbocycles. The van der Waals surface area contributed by atoms with Gasteiger partial charge < -0.3 is 16.0 Å². The Balaban J connectivity index is 0.00000159. The van der Waals surface area contributed by atoms with E-state index in [1.54, 1.807) is 0 Å². The Hall–Kier alpha value is -1.88. The van der Waals surface area contributed by atoms with Gasteiger partial charge in [-0.3, -0.25) is 9.59 Å². The van der Waals surface area contributed by atoms with E-state index in [-0.39, 0.29) is 31.2 Å². The average Bonchev–Trinajstić information content (AvgIpc) is 3.18. The lowest BCUT2D eigenvalue weighted by molar-refractivity contribution is -0.141. The molecule has 1 aromatic carbocycles. The van der Waals surface area contributed by atoms with E-state index in [1.165, 1.54) is 0 Å². The van der Waals surface area contributed by atoms with Crippen molar-refractivity contribution < 1.29 is 9.59 Å². The van der Waals surface area contributed by atoms with Crippen LogP contribution in [-0.2, 0) is 9.59 Å². The number of nitrogens with zero attached hydrogens (tertiary/aromatic N) is 1. The average molecular weight is 420 g/mol. The number of nitrogens with two attached hydrogens (primary N) is 1. The zero-order valence-electron chi connectivity index (χ0n) is 19.0. The lowest BCUT2D eigenvalue weighted by atomic mass is 9.81. The summed E-state index contributed by atoms with van der Waals surface area (Å²) in [5, 5.41) is 2.96. The van der Waals surface area contributed by atoms with Crippen molar-refractivity contribution in [2.45, 2.75) is 80.2 Å². The lowest BCUT2D eigenvalue weighted by Crippen LogP contribution is -2.46. The summed E-state index contributed by atoms with van der Waals surface area (Å²) in [7, 11) is 0. The van der Waals surface area contributed by atoms with Crippen LogP contribution in [0, 0.1) is 17.8 Å². The van der Waals surface area contributed by atoms with Crippen LogP contribution in [0.1, 0.15) is 74.1 Å². The number of benzene rings is 1. The van der Waals surface area contributed by atoms with E-state index in [4.69, 9.17) is 5.73 Å². The van der Waals surface area contributed by atoms with E-state index < -0.39 is 0 Å². The molecule has 2 fully saturated rings. The minimum atomic E-state index is -0.352. The molecule has 2 atom stereocenters. The van der Waals surface area contributed by atoms with Crippen LogP contribution >= 0.6 is 0 Å². The molecule has 0 radical (unpaired) electrons. The number of anilines is 1. The van der Waals surface area contributed by atoms with Gasteiger partial charge in [0.05, 0.1) is 0 Å². The maximum absolute atomic E-state index is 13.0. The second-order valence-corrected chi connectivity index (χ2v) is 7.66. The van der Waals surface area contributed by atoms with E-state index in [0.717, 1.165) is 37.8 Å². The van der Waals surface area contributed by atoms with Crippen LogP contribution in [0.25, 0.3) is 0 Å². The van der Waals surface area contributed by atoms with E-state index in [9.17, 15) is 9.59 Å². The standard InChI is InChI=1S/C20H29N3O2.2C2H6.CH4/c1-14-11-18(19(24)22-17-5-3-2-4-6-17)23(13-14)20(25)16-9-7-15(12-21)8-10-16;2*1-2;/h2-6,14-16,18H,7-13,21H2,1H3,(H,22,24);2*1-2H3;1H4. The number of carbonyl (C=O) groups excluding carboxylic acids is 2. The number of amides is 2. The molecule has 1 saturated carbocycles. The Labute approximate surface area is 184 Å². The number of rotatable bonds is 4. The van der Waals surface area contributed by atoms with Crippen molar-refractivity contribution in [3.63, 3.8) is 0 Å². The highest BCUT2D eigenvalue weighted by Crippen LogP contribution is 2.33. The predicted molar refractivity (Wildman–Crippen MR) is 128 cm³/mol. The molecule has 3 N–H and O–H groups in total. The smallest absolute Gasteiger partial charge is 0.247 e. The van der Waals surface area contributed by atoms with Crippen molar-refractivity contribution >= 4 is 17.5 Å². The Bertz CT molecular complexity index is 598. The zero-order chi connectivity index (χ0) is 21.8. The zero-order valence-corrected chi connectivity index (χ0v) is 19.0. The Kier molecular flexibility index (Phi) is 14.1. The lowest BCUT2D eigenvalue weighted by Gasteiger charge is -2.32. The van der Waals surface area contributed by atoms with Crippen LogP contribution in [0.2, 0.25) is 0 Å². The van der Waals surface area contributed by atoms with Crippen LogP contribution in [0.5, 0.6) is 0 Å². The van der Waals surface area contributed by atoms with Crippen molar-refractivity contribution in [3.05, 3.63) is 30.3 Å². The van der Waals surface area contributed by atoms with Gasteiger partial charge in [0, 0.05) is 18.2 Å². The third-order valence-electron chi connectivity index (χ3n) is 5.67. The summed E-state index contributed by atoms with van der Waals surface area (Å²) >= 11 is 0. The maximum Gasteiger partial charge on any atom is 0.247 e. The topological polar surface area (TPSA) is 75.4 Å². The molecule has 0 bridgehead atoms. The molecular formula is C25H45N3O2. The van der Waals surface area contributed by atoms with Gasteiger partial charge in [0.25, 0.3) is 0 Å². The quantitative estimate of drug-likeness (QED) is 0.694. The highest BCUT2D eigenvalue weighted by molar-refractivity contribution is 5.97. The molecule has 2 unspecified atom stereocenters. The van der Waals surface area contributed by atoms with Crippen LogP contribution in [0.15, 0.2) is 30.3 Å². The second kappa shape index (κ2) is 15.0. The van der Waals surface area contributed by atoms with Crippen molar-refractivity contribution in [1.29, 1.82) is 0 Å². The highest BCUT2D eigenvalue weighted by atomic mass is 16.2. The summed E-state index contributed by atoms with van der Waals surface area (Å²) in [5.41, 5.74) is 6.53. The molecule has 1 saturated heterocycles. The molecule has 5 nitrogen and oxygen atoms in total. The Morgan fingerprint density at radius 1 is 1.03 bits per heavy atom. The number of hydrogen-bond donors (Lipinski definition) is 2. The van der Waals surface area contributed by atoms with Crippen LogP contribution < -0.4 is 11.1 Å². The monoisotopic (exact) mass is 419 g/mol. The van der Waals surface area contributed by atoms with Gasteiger partial charge in [-0.1, -0.05) is 60.2 Å². The van der Waals surface area contributed by atoms with E-state index in [2.05, 4.69) is 12.2 Å². The molecule has 2 amide bonds. The number of para-hydroxylation sites is 1. The van der Waals surface area contributed by atoms with Crippen molar-refractivity contribution in [2.24, 2.45) is 23.5 Å². The number of likely N-dealkylation sites (tertiary alicyclic amines) is 1. The third kappa shape index (κ3) is 7.75. The van der Waals surface area contributed by atoms with E-state index in [1.807, 2.05) is 62.9 Å². The molecule has 2 aliphatic rings. The summed E-state index contributed by atoms with van der Waals surface area (Å²) < 4.78 is 0. The first kappa shape index (κ1) is 28.1. The molecule has 3 rings (SSSR count). The minimum Gasteiger partial charge on any atom is -0.330 e. The van der Waals surface area contributed by atoms with E-state index in [0.29, 0.717) is 24.9 Å². The number of carbonyl (C=O) groups is 2. The molecule has 1 aromatic rings. The molecule has 30 heavy (non-hydrogen) atoms. The summed E-state index contributed by atoms with van der Waals surface area (Å²) in [6.45, 7) is 11.5. The van der Waals surface area contributed by atoms with Gasteiger partial charge in [0.15, 0.2) is 0 Å². The molecule has 5 heteroatoms. The largest absolute Gasteiger partial charge is 0.330 e. The van der Waals surface area contributed by atoms with E-state index >= 15 is 0 Å². The molecule has 0 aromatic heterocycles. The SMILES string of the molecule is C.CC.CC.CC1CC(C(=O)Nc2ccccc2)N(C(=O)C2CCC(CN)CC2)C1. The molecular weight excluding hydrogens is 374 g/mol. The van der Waals surface area contributed by atoms with Gasteiger partial charge in [-0.2, -0.15) is 0 Å². The minimum absolute atomic E-state index is 0. The Morgan fingerprint density at radius 2 is 1.60 bits per heavy atom. The summed E-state index contributed by atoms with van der Waals surface area (Å²) in [6, 6.07) is 9.10. The molecule has 0 spiro atoms. The Morgan fingerprint density at radius 3 is 2.13 bits per heavy atom. The van der Waals surface area contributed by atoms with Gasteiger partial charge in [-0.15, -0.1) is 0 Å². The number of hydrogen-bond acceptors (Lipinski definition) is 3. The summed E-state index contributed by atoms with van der Waals surface area (Å²) in [4.78, 5) is 27.6. The van der Waals surface area contributed by atoms with Crippen molar-refractivity contribution in [1.82, 2.24) is 4.90 Å². The molecule has 172 valence electrons. The second-order valence-electron chi connectivity index (χ2n) is 7.66. The van der Waals surface area contributed by atoms with Crippen molar-refractivity contribution in [2.75, 3.05) is 18.4 Å². The first-order chi connectivity index (χ1) is 14.1. The summed E-state index contributed by atoms with van der Waals surface area (Å²) in [6.07, 6.45) is 4.59. The molecule has 1 heterocycles. The fourth-order valence-electron chi connectivity index (χ4n) is 4.16.